The number of para-hydroxylation sites is 2. The number of aromatic nitrogens is 2. The molecule has 0 bridgehead atoms. The predicted molar refractivity (Wildman–Crippen MR) is 228 cm³/mol. The summed E-state index contributed by atoms with van der Waals surface area (Å²) in [6, 6.07) is 73.2. The molecule has 1 aliphatic rings. The van der Waals surface area contributed by atoms with E-state index in [0.29, 0.717) is 5.82 Å². The van der Waals surface area contributed by atoms with Gasteiger partial charge in [-0.3, -0.25) is 0 Å². The van der Waals surface area contributed by atoms with Gasteiger partial charge in [0.15, 0.2) is 5.82 Å². The van der Waals surface area contributed by atoms with Crippen LogP contribution in [0.5, 0.6) is 0 Å². The number of nitrogens with zero attached hydrogens (tertiary/aromatic N) is 2. The Kier molecular flexibility index (Phi) is 7.39. The van der Waals surface area contributed by atoms with Crippen LogP contribution < -0.4 is 0 Å². The van der Waals surface area contributed by atoms with Gasteiger partial charge in [0, 0.05) is 33.0 Å². The van der Waals surface area contributed by atoms with Crippen molar-refractivity contribution in [3.05, 3.63) is 229 Å². The molecule has 11 rings (SSSR count). The first kappa shape index (κ1) is 32.1. The first-order chi connectivity index (χ1) is 27.8. The van der Waals surface area contributed by atoms with Gasteiger partial charge in [0.2, 0.25) is 0 Å². The minimum atomic E-state index is -0.499. The molecule has 0 saturated heterocycles. The van der Waals surface area contributed by atoms with E-state index in [1.165, 1.54) is 33.4 Å². The second-order valence-corrected chi connectivity index (χ2v) is 14.4. The lowest BCUT2D eigenvalue weighted by atomic mass is 9.67. The summed E-state index contributed by atoms with van der Waals surface area (Å²) in [5.74, 6) is 0.690. The molecule has 262 valence electrons. The van der Waals surface area contributed by atoms with Crippen molar-refractivity contribution >= 4 is 21.9 Å². The Labute approximate surface area is 325 Å². The van der Waals surface area contributed by atoms with Gasteiger partial charge in [-0.25, -0.2) is 9.97 Å². The van der Waals surface area contributed by atoms with E-state index in [1.54, 1.807) is 0 Å². The molecule has 0 N–H and O–H groups in total. The zero-order valence-electron chi connectivity index (χ0n) is 30.4. The summed E-state index contributed by atoms with van der Waals surface area (Å²) in [7, 11) is 0. The minimum absolute atomic E-state index is 0.499. The number of fused-ring (bicyclic) bond motifs is 6. The van der Waals surface area contributed by atoms with Gasteiger partial charge in [0.25, 0.3) is 0 Å². The molecule has 56 heavy (non-hydrogen) atoms. The average molecular weight is 715 g/mol. The van der Waals surface area contributed by atoms with Crippen LogP contribution >= 0.6 is 0 Å². The van der Waals surface area contributed by atoms with Crippen molar-refractivity contribution < 1.29 is 4.42 Å². The van der Waals surface area contributed by atoms with Gasteiger partial charge >= 0.3 is 0 Å². The van der Waals surface area contributed by atoms with Crippen LogP contribution in [-0.2, 0) is 5.41 Å². The number of hydrogen-bond donors (Lipinski definition) is 0. The Morgan fingerprint density at radius 3 is 1.70 bits per heavy atom. The monoisotopic (exact) mass is 714 g/mol. The molecular weight excluding hydrogens is 681 g/mol. The molecule has 0 spiro atoms. The number of hydrogen-bond acceptors (Lipinski definition) is 3. The molecule has 2 heterocycles. The summed E-state index contributed by atoms with van der Waals surface area (Å²) in [5.41, 5.74) is 15.7. The smallest absolute Gasteiger partial charge is 0.160 e. The lowest BCUT2D eigenvalue weighted by Gasteiger charge is -2.33. The minimum Gasteiger partial charge on any atom is -0.455 e. The van der Waals surface area contributed by atoms with Crippen molar-refractivity contribution in [3.8, 4) is 56.2 Å². The van der Waals surface area contributed by atoms with Crippen molar-refractivity contribution in [2.24, 2.45) is 0 Å². The molecule has 0 amide bonds. The normalized spacial score (nSPS) is 12.8. The molecule has 8 aromatic carbocycles. The molecule has 0 saturated carbocycles. The van der Waals surface area contributed by atoms with E-state index in [9.17, 15) is 0 Å². The van der Waals surface area contributed by atoms with Gasteiger partial charge in [-0.05, 0) is 51.1 Å². The Bertz CT molecular complexity index is 3020. The van der Waals surface area contributed by atoms with Gasteiger partial charge in [0.05, 0.1) is 16.8 Å². The SMILES string of the molecule is c1ccc(-c2nc(-c3ccc(-c4cccc5c4oc4ccccc45)cc3)cc(-c3cccc4c3-c3ccccc3C4(c3ccccc3)c3ccccc3)n2)cc1. The van der Waals surface area contributed by atoms with Crippen LogP contribution in [0.25, 0.3) is 78.1 Å². The van der Waals surface area contributed by atoms with Gasteiger partial charge in [-0.2, -0.15) is 0 Å². The second-order valence-electron chi connectivity index (χ2n) is 14.4. The van der Waals surface area contributed by atoms with Crippen molar-refractivity contribution in [1.82, 2.24) is 9.97 Å². The molecule has 2 aromatic heterocycles. The first-order valence-electron chi connectivity index (χ1n) is 19.1. The van der Waals surface area contributed by atoms with Gasteiger partial charge in [0.1, 0.15) is 11.2 Å². The Balaban J connectivity index is 1.10. The first-order valence-corrected chi connectivity index (χ1v) is 19.1. The Morgan fingerprint density at radius 1 is 0.375 bits per heavy atom. The molecule has 0 fully saturated rings. The number of furan rings is 1. The summed E-state index contributed by atoms with van der Waals surface area (Å²) in [4.78, 5) is 10.6. The number of benzene rings is 8. The lowest BCUT2D eigenvalue weighted by molar-refractivity contribution is 0.670. The Hall–Kier alpha value is -7.36. The fourth-order valence-electron chi connectivity index (χ4n) is 8.95. The van der Waals surface area contributed by atoms with E-state index in [1.807, 2.05) is 30.3 Å². The van der Waals surface area contributed by atoms with Crippen molar-refractivity contribution in [1.29, 1.82) is 0 Å². The molecule has 3 heteroatoms. The van der Waals surface area contributed by atoms with E-state index >= 15 is 0 Å². The highest BCUT2D eigenvalue weighted by molar-refractivity contribution is 6.09. The van der Waals surface area contributed by atoms with Crippen LogP contribution in [-0.4, -0.2) is 9.97 Å². The largest absolute Gasteiger partial charge is 0.455 e. The highest BCUT2D eigenvalue weighted by Gasteiger charge is 2.46. The van der Waals surface area contributed by atoms with Crippen LogP contribution in [0.2, 0.25) is 0 Å². The van der Waals surface area contributed by atoms with Crippen LogP contribution in [0, 0.1) is 0 Å². The molecule has 0 atom stereocenters. The molecule has 0 aliphatic heterocycles. The molecule has 1 aliphatic carbocycles. The molecule has 0 radical (unpaired) electrons. The van der Waals surface area contributed by atoms with E-state index in [4.69, 9.17) is 14.4 Å². The highest BCUT2D eigenvalue weighted by Crippen LogP contribution is 2.58. The summed E-state index contributed by atoms with van der Waals surface area (Å²) in [6.07, 6.45) is 0. The van der Waals surface area contributed by atoms with Crippen molar-refractivity contribution in [3.63, 3.8) is 0 Å². The molecule has 0 unspecified atom stereocenters. The van der Waals surface area contributed by atoms with Crippen LogP contribution in [0.1, 0.15) is 22.3 Å². The molecular formula is C53H34N2O. The fraction of sp³-hybridized carbons (Fsp3) is 0.0189. The maximum absolute atomic E-state index is 6.39. The Morgan fingerprint density at radius 2 is 0.929 bits per heavy atom. The third kappa shape index (κ3) is 4.91. The molecule has 10 aromatic rings. The van der Waals surface area contributed by atoms with Crippen LogP contribution in [0.4, 0.5) is 0 Å². The second kappa shape index (κ2) is 12.9. The maximum atomic E-state index is 6.39. The topological polar surface area (TPSA) is 38.9 Å². The van der Waals surface area contributed by atoms with Gasteiger partial charge in [-0.1, -0.05) is 194 Å². The third-order valence-electron chi connectivity index (χ3n) is 11.4. The molecule has 3 nitrogen and oxygen atoms in total. The maximum Gasteiger partial charge on any atom is 0.160 e. The fourth-order valence-corrected chi connectivity index (χ4v) is 8.95. The standard InChI is InChI=1S/C53H34N2O/c1-4-16-37(17-5-1)52-54-47(36-32-30-35(31-33-36)40-24-14-25-42-41-22-11-13-29-49(41)56-51(40)42)34-48(55-52)44-26-15-28-46-50(44)43-23-10-12-27-45(43)53(46,38-18-6-2-7-19-38)39-20-8-3-9-21-39/h1-34H. The van der Waals surface area contributed by atoms with Crippen molar-refractivity contribution in [2.45, 2.75) is 5.41 Å². The van der Waals surface area contributed by atoms with Crippen LogP contribution in [0.15, 0.2) is 211 Å². The predicted octanol–water partition coefficient (Wildman–Crippen LogP) is 13.4. The quantitative estimate of drug-likeness (QED) is 0.172. The van der Waals surface area contributed by atoms with Crippen LogP contribution in [0.3, 0.4) is 0 Å². The van der Waals surface area contributed by atoms with E-state index in [-0.39, 0.29) is 0 Å². The van der Waals surface area contributed by atoms with Gasteiger partial charge < -0.3 is 4.42 Å². The highest BCUT2D eigenvalue weighted by atomic mass is 16.3. The summed E-state index contributed by atoms with van der Waals surface area (Å²) < 4.78 is 6.39. The van der Waals surface area contributed by atoms with E-state index in [0.717, 1.165) is 61.1 Å². The van der Waals surface area contributed by atoms with E-state index < -0.39 is 5.41 Å². The van der Waals surface area contributed by atoms with Crippen molar-refractivity contribution in [2.75, 3.05) is 0 Å². The lowest BCUT2D eigenvalue weighted by Crippen LogP contribution is -2.28. The van der Waals surface area contributed by atoms with Gasteiger partial charge in [-0.15, -0.1) is 0 Å². The summed E-state index contributed by atoms with van der Waals surface area (Å²) in [6.45, 7) is 0. The summed E-state index contributed by atoms with van der Waals surface area (Å²) in [5, 5.41) is 2.25. The summed E-state index contributed by atoms with van der Waals surface area (Å²) >= 11 is 0. The van der Waals surface area contributed by atoms with E-state index in [2.05, 4.69) is 176 Å². The zero-order chi connectivity index (χ0) is 37.1. The zero-order valence-corrected chi connectivity index (χ0v) is 30.4. The average Bonchev–Trinajstić information content (AvgIpc) is 3.82. The third-order valence-corrected chi connectivity index (χ3v) is 11.4. The number of rotatable bonds is 6.